The highest BCUT2D eigenvalue weighted by molar-refractivity contribution is 7.89. The first-order chi connectivity index (χ1) is 13.5. The smallest absolute Gasteiger partial charge is 0.247 e. The fourth-order valence-corrected chi connectivity index (χ4v) is 5.06. The van der Waals surface area contributed by atoms with Crippen LogP contribution in [0.1, 0.15) is 22.9 Å². The number of para-hydroxylation sites is 1. The predicted octanol–water partition coefficient (Wildman–Crippen LogP) is 4.32. The Hall–Kier alpha value is -2.83. The van der Waals surface area contributed by atoms with E-state index in [9.17, 15) is 8.42 Å². The summed E-state index contributed by atoms with van der Waals surface area (Å²) in [6.07, 6.45) is -0.484. The van der Waals surface area contributed by atoms with Crippen LogP contribution in [0.3, 0.4) is 0 Å². The Balaban J connectivity index is 1.78. The fourth-order valence-electron chi connectivity index (χ4n) is 3.38. The number of hydrogen-bond donors (Lipinski definition) is 1. The zero-order valence-corrected chi connectivity index (χ0v) is 16.6. The maximum absolute atomic E-state index is 13.4. The summed E-state index contributed by atoms with van der Waals surface area (Å²) in [6.45, 7) is 2.27. The molecule has 1 unspecified atom stereocenters. The molecule has 1 N–H and O–H groups in total. The Morgan fingerprint density at radius 2 is 1.64 bits per heavy atom. The molecular weight excluding hydrogens is 372 g/mol. The molecule has 4 rings (SSSR count). The van der Waals surface area contributed by atoms with Gasteiger partial charge >= 0.3 is 0 Å². The summed E-state index contributed by atoms with van der Waals surface area (Å²) in [4.78, 5) is 0.298. The predicted molar refractivity (Wildman–Crippen MR) is 110 cm³/mol. The highest BCUT2D eigenvalue weighted by Gasteiger charge is 2.38. The Morgan fingerprint density at radius 3 is 2.32 bits per heavy atom. The Labute approximate surface area is 165 Å². The highest BCUT2D eigenvalue weighted by Crippen LogP contribution is 2.39. The molecule has 0 aliphatic carbocycles. The van der Waals surface area contributed by atoms with Gasteiger partial charge in [0.15, 0.2) is 0 Å². The van der Waals surface area contributed by atoms with Gasteiger partial charge in [-0.05, 0) is 42.3 Å². The van der Waals surface area contributed by atoms with E-state index in [0.717, 1.165) is 22.4 Å². The minimum absolute atomic E-state index is 0.256. The third kappa shape index (κ3) is 3.37. The van der Waals surface area contributed by atoms with Gasteiger partial charge in [-0.3, -0.25) is 0 Å². The van der Waals surface area contributed by atoms with E-state index in [1.807, 2.05) is 61.5 Å². The number of aryl methyl sites for hydroxylation is 1. The summed E-state index contributed by atoms with van der Waals surface area (Å²) < 4.78 is 33.6. The summed E-state index contributed by atoms with van der Waals surface area (Å²) in [6, 6.07) is 22.4. The Bertz CT molecular complexity index is 1080. The molecule has 3 aromatic rings. The first kappa shape index (κ1) is 18.5. The van der Waals surface area contributed by atoms with Crippen molar-refractivity contribution in [3.8, 4) is 5.75 Å². The van der Waals surface area contributed by atoms with Crippen molar-refractivity contribution in [2.75, 3.05) is 12.4 Å². The van der Waals surface area contributed by atoms with E-state index in [0.29, 0.717) is 10.6 Å². The molecular formula is C22H22N2O3S. The summed E-state index contributed by atoms with van der Waals surface area (Å²) in [5, 5.41) is 3.40. The number of benzene rings is 3. The molecule has 0 spiro atoms. The lowest BCUT2D eigenvalue weighted by Gasteiger charge is -2.37. The minimum atomic E-state index is -3.66. The lowest BCUT2D eigenvalue weighted by Crippen LogP contribution is -2.42. The first-order valence-electron chi connectivity index (χ1n) is 9.06. The van der Waals surface area contributed by atoms with Crippen molar-refractivity contribution in [3.63, 3.8) is 0 Å². The fraction of sp³-hybridized carbons (Fsp3) is 0.182. The average molecular weight is 394 g/mol. The third-order valence-electron chi connectivity index (χ3n) is 4.94. The maximum atomic E-state index is 13.4. The highest BCUT2D eigenvalue weighted by atomic mass is 32.2. The quantitative estimate of drug-likeness (QED) is 0.716. The van der Waals surface area contributed by atoms with Gasteiger partial charge in [0.1, 0.15) is 16.8 Å². The molecule has 0 fully saturated rings. The van der Waals surface area contributed by atoms with Crippen molar-refractivity contribution in [2.45, 2.75) is 24.5 Å². The Morgan fingerprint density at radius 1 is 0.964 bits per heavy atom. The van der Waals surface area contributed by atoms with Crippen LogP contribution in [0.15, 0.2) is 77.7 Å². The Kier molecular flexibility index (Phi) is 4.83. The van der Waals surface area contributed by atoms with E-state index in [4.69, 9.17) is 4.74 Å². The number of nitrogens with zero attached hydrogens (tertiary/aromatic N) is 1. The molecule has 1 aliphatic rings. The van der Waals surface area contributed by atoms with Gasteiger partial charge in [0.2, 0.25) is 10.0 Å². The zero-order chi connectivity index (χ0) is 19.7. The van der Waals surface area contributed by atoms with E-state index in [-0.39, 0.29) is 6.54 Å². The van der Waals surface area contributed by atoms with Gasteiger partial charge in [-0.25, -0.2) is 8.42 Å². The molecule has 0 radical (unpaired) electrons. The van der Waals surface area contributed by atoms with Crippen LogP contribution in [0.25, 0.3) is 0 Å². The molecule has 1 heterocycles. The van der Waals surface area contributed by atoms with Crippen molar-refractivity contribution in [2.24, 2.45) is 0 Å². The van der Waals surface area contributed by atoms with Crippen molar-refractivity contribution in [1.29, 1.82) is 0 Å². The van der Waals surface area contributed by atoms with Crippen LogP contribution in [0.2, 0.25) is 0 Å². The molecule has 1 aliphatic heterocycles. The SMILES string of the molecule is COc1ccc(CN2C(c3ccc(C)cc3)Nc3ccccc3S2(=O)=O)cc1. The van der Waals surface area contributed by atoms with Crippen molar-refractivity contribution < 1.29 is 13.2 Å². The normalized spacial score (nSPS) is 18.1. The van der Waals surface area contributed by atoms with Crippen LogP contribution >= 0.6 is 0 Å². The lowest BCUT2D eigenvalue weighted by molar-refractivity contribution is 0.336. The van der Waals surface area contributed by atoms with Crippen LogP contribution in [0.5, 0.6) is 5.75 Å². The molecule has 1 atom stereocenters. The molecule has 6 heteroatoms. The monoisotopic (exact) mass is 394 g/mol. The van der Waals surface area contributed by atoms with Crippen LogP contribution in [-0.4, -0.2) is 19.8 Å². The average Bonchev–Trinajstić information content (AvgIpc) is 2.71. The molecule has 0 aromatic heterocycles. The molecule has 0 saturated heterocycles. The van der Waals surface area contributed by atoms with Gasteiger partial charge in [-0.2, -0.15) is 4.31 Å². The van der Waals surface area contributed by atoms with Crippen molar-refractivity contribution >= 4 is 15.7 Å². The number of hydrogen-bond acceptors (Lipinski definition) is 4. The number of anilines is 1. The standard InChI is InChI=1S/C22H22N2O3S/c1-16-7-11-18(12-8-16)22-23-20-5-3-4-6-21(20)28(25,26)24(22)15-17-9-13-19(27-2)14-10-17/h3-14,22-23H,15H2,1-2H3. The van der Waals surface area contributed by atoms with Gasteiger partial charge in [-0.15, -0.1) is 0 Å². The largest absolute Gasteiger partial charge is 0.497 e. The van der Waals surface area contributed by atoms with Crippen LogP contribution in [0.4, 0.5) is 5.69 Å². The van der Waals surface area contributed by atoms with Gasteiger partial charge in [0.25, 0.3) is 0 Å². The summed E-state index contributed by atoms with van der Waals surface area (Å²) in [7, 11) is -2.06. The van der Waals surface area contributed by atoms with E-state index in [1.54, 1.807) is 25.3 Å². The van der Waals surface area contributed by atoms with Gasteiger partial charge < -0.3 is 10.1 Å². The van der Waals surface area contributed by atoms with E-state index < -0.39 is 16.2 Å². The minimum Gasteiger partial charge on any atom is -0.497 e. The second kappa shape index (κ2) is 7.30. The summed E-state index contributed by atoms with van der Waals surface area (Å²) >= 11 is 0. The number of ether oxygens (including phenoxy) is 1. The number of fused-ring (bicyclic) bond motifs is 1. The van der Waals surface area contributed by atoms with Crippen LogP contribution in [0, 0.1) is 6.92 Å². The van der Waals surface area contributed by atoms with E-state index >= 15 is 0 Å². The number of methoxy groups -OCH3 is 1. The van der Waals surface area contributed by atoms with E-state index in [1.165, 1.54) is 4.31 Å². The van der Waals surface area contributed by atoms with Crippen molar-refractivity contribution in [1.82, 2.24) is 4.31 Å². The molecule has 3 aromatic carbocycles. The maximum Gasteiger partial charge on any atom is 0.247 e. The topological polar surface area (TPSA) is 58.6 Å². The van der Waals surface area contributed by atoms with E-state index in [2.05, 4.69) is 5.32 Å². The summed E-state index contributed by atoms with van der Waals surface area (Å²) in [5.74, 6) is 0.740. The lowest BCUT2D eigenvalue weighted by atomic mass is 10.1. The molecule has 0 saturated carbocycles. The second-order valence-electron chi connectivity index (χ2n) is 6.85. The molecule has 144 valence electrons. The number of sulfonamides is 1. The second-order valence-corrected chi connectivity index (χ2v) is 8.71. The van der Waals surface area contributed by atoms with Crippen LogP contribution in [-0.2, 0) is 16.6 Å². The molecule has 0 bridgehead atoms. The van der Waals surface area contributed by atoms with Gasteiger partial charge in [0, 0.05) is 6.54 Å². The molecule has 0 amide bonds. The van der Waals surface area contributed by atoms with Gasteiger partial charge in [-0.1, -0.05) is 54.1 Å². The van der Waals surface area contributed by atoms with Gasteiger partial charge in [0.05, 0.1) is 12.8 Å². The van der Waals surface area contributed by atoms with Crippen molar-refractivity contribution in [3.05, 3.63) is 89.5 Å². The molecule has 28 heavy (non-hydrogen) atoms. The number of nitrogens with one attached hydrogen (secondary N) is 1. The summed E-state index contributed by atoms with van der Waals surface area (Å²) in [5.41, 5.74) is 3.54. The van der Waals surface area contributed by atoms with Crippen LogP contribution < -0.4 is 10.1 Å². The third-order valence-corrected chi connectivity index (χ3v) is 6.81. The first-order valence-corrected chi connectivity index (χ1v) is 10.5. The number of rotatable bonds is 4. The zero-order valence-electron chi connectivity index (χ0n) is 15.8. The molecule has 5 nitrogen and oxygen atoms in total.